The molecule has 0 aliphatic carbocycles. The lowest BCUT2D eigenvalue weighted by Crippen LogP contribution is -2.32. The van der Waals surface area contributed by atoms with Crippen molar-refractivity contribution in [3.05, 3.63) is 11.9 Å². The average molecular weight is 271 g/mol. The fourth-order valence-electron chi connectivity index (χ4n) is 1.89. The summed E-state index contributed by atoms with van der Waals surface area (Å²) in [5.41, 5.74) is 3.77. The van der Waals surface area contributed by atoms with E-state index in [-0.39, 0.29) is 6.04 Å². The maximum atomic E-state index is 5.64. The minimum atomic E-state index is -0.0421. The molecular weight excluding hydrogens is 246 g/mol. The Morgan fingerprint density at radius 1 is 1.47 bits per heavy atom. The molecule has 0 fully saturated rings. The topological polar surface area (TPSA) is 77.6 Å². The van der Waals surface area contributed by atoms with E-state index in [4.69, 9.17) is 15.3 Å². The number of hydrogen-bond donors (Lipinski definition) is 2. The normalized spacial score (nSPS) is 12.9. The molecule has 0 spiro atoms. The van der Waals surface area contributed by atoms with Gasteiger partial charge in [0.1, 0.15) is 0 Å². The van der Waals surface area contributed by atoms with Gasteiger partial charge in [-0.25, -0.2) is 0 Å². The minimum Gasteiger partial charge on any atom is -0.493 e. The summed E-state index contributed by atoms with van der Waals surface area (Å²) in [5, 5.41) is 4.36. The molecule has 0 aliphatic rings. The molecule has 19 heavy (non-hydrogen) atoms. The zero-order chi connectivity index (χ0) is 14.3. The SMILES string of the molecule is COCCC(NN)c1c(OC)cnn1CCN(C)C. The monoisotopic (exact) mass is 271 g/mol. The van der Waals surface area contributed by atoms with Crippen molar-refractivity contribution in [1.82, 2.24) is 20.1 Å². The van der Waals surface area contributed by atoms with Crippen LogP contribution in [0.1, 0.15) is 18.2 Å². The molecule has 0 bridgehead atoms. The van der Waals surface area contributed by atoms with Crippen LogP contribution in [-0.4, -0.2) is 56.1 Å². The number of rotatable bonds is 9. The van der Waals surface area contributed by atoms with Crippen molar-refractivity contribution < 1.29 is 9.47 Å². The lowest BCUT2D eigenvalue weighted by Gasteiger charge is -2.19. The van der Waals surface area contributed by atoms with E-state index in [1.165, 1.54) is 0 Å². The molecule has 0 radical (unpaired) electrons. The second-order valence-electron chi connectivity index (χ2n) is 4.63. The second-order valence-corrected chi connectivity index (χ2v) is 4.63. The number of nitrogens with two attached hydrogens (primary N) is 1. The second kappa shape index (κ2) is 8.11. The van der Waals surface area contributed by atoms with E-state index in [0.29, 0.717) is 6.61 Å². The Kier molecular flexibility index (Phi) is 6.79. The number of likely N-dealkylation sites (N-methyl/N-ethyl adjacent to an activating group) is 1. The van der Waals surface area contributed by atoms with Crippen molar-refractivity contribution in [2.24, 2.45) is 5.84 Å². The summed E-state index contributed by atoms with van der Waals surface area (Å²) in [6, 6.07) is -0.0421. The Labute approximate surface area is 114 Å². The van der Waals surface area contributed by atoms with Gasteiger partial charge in [0, 0.05) is 20.3 Å². The van der Waals surface area contributed by atoms with Crippen molar-refractivity contribution in [2.45, 2.75) is 19.0 Å². The molecule has 1 atom stereocenters. The first-order valence-corrected chi connectivity index (χ1v) is 6.33. The Morgan fingerprint density at radius 2 is 2.21 bits per heavy atom. The highest BCUT2D eigenvalue weighted by Crippen LogP contribution is 2.26. The minimum absolute atomic E-state index is 0.0421. The Bertz CT molecular complexity index is 367. The molecule has 0 amide bonds. The van der Waals surface area contributed by atoms with Crippen molar-refractivity contribution in [1.29, 1.82) is 0 Å². The summed E-state index contributed by atoms with van der Waals surface area (Å²) in [4.78, 5) is 2.11. The number of nitrogens with one attached hydrogen (secondary N) is 1. The first-order valence-electron chi connectivity index (χ1n) is 6.33. The number of ether oxygens (including phenoxy) is 2. The van der Waals surface area contributed by atoms with E-state index in [1.54, 1.807) is 20.4 Å². The molecule has 0 aliphatic heterocycles. The number of methoxy groups -OCH3 is 2. The van der Waals surface area contributed by atoms with Crippen LogP contribution in [0.3, 0.4) is 0 Å². The van der Waals surface area contributed by atoms with E-state index in [0.717, 1.165) is 31.0 Å². The highest BCUT2D eigenvalue weighted by molar-refractivity contribution is 5.28. The van der Waals surface area contributed by atoms with Gasteiger partial charge in [0.2, 0.25) is 0 Å². The van der Waals surface area contributed by atoms with Crippen LogP contribution in [0.2, 0.25) is 0 Å². The fourth-order valence-corrected chi connectivity index (χ4v) is 1.89. The average Bonchev–Trinajstić information content (AvgIpc) is 2.80. The third-order valence-corrected chi connectivity index (χ3v) is 2.97. The molecule has 110 valence electrons. The number of hydrogen-bond acceptors (Lipinski definition) is 6. The maximum absolute atomic E-state index is 5.64. The first kappa shape index (κ1) is 15.9. The third kappa shape index (κ3) is 4.46. The van der Waals surface area contributed by atoms with Gasteiger partial charge < -0.3 is 14.4 Å². The first-order chi connectivity index (χ1) is 9.13. The van der Waals surface area contributed by atoms with Crippen molar-refractivity contribution in [3.8, 4) is 5.75 Å². The molecular formula is C12H25N5O2. The quantitative estimate of drug-likeness (QED) is 0.486. The molecule has 7 heteroatoms. The van der Waals surface area contributed by atoms with Gasteiger partial charge >= 0.3 is 0 Å². The van der Waals surface area contributed by atoms with Crippen LogP contribution in [0, 0.1) is 0 Å². The van der Waals surface area contributed by atoms with Crippen LogP contribution in [0.15, 0.2) is 6.20 Å². The van der Waals surface area contributed by atoms with E-state index in [2.05, 4.69) is 15.4 Å². The molecule has 1 unspecified atom stereocenters. The van der Waals surface area contributed by atoms with Crippen LogP contribution in [0.25, 0.3) is 0 Å². The van der Waals surface area contributed by atoms with Crippen LogP contribution in [0.4, 0.5) is 0 Å². The molecule has 1 rings (SSSR count). The highest BCUT2D eigenvalue weighted by Gasteiger charge is 2.20. The summed E-state index contributed by atoms with van der Waals surface area (Å²) < 4.78 is 12.4. The predicted molar refractivity (Wildman–Crippen MR) is 73.9 cm³/mol. The van der Waals surface area contributed by atoms with Crippen molar-refractivity contribution >= 4 is 0 Å². The molecule has 0 saturated heterocycles. The van der Waals surface area contributed by atoms with Crippen LogP contribution in [0.5, 0.6) is 5.75 Å². The van der Waals surface area contributed by atoms with Crippen LogP contribution < -0.4 is 16.0 Å². The van der Waals surface area contributed by atoms with Gasteiger partial charge in [0.05, 0.1) is 31.6 Å². The Hall–Kier alpha value is -1.15. The maximum Gasteiger partial charge on any atom is 0.161 e. The zero-order valence-corrected chi connectivity index (χ0v) is 12.2. The van der Waals surface area contributed by atoms with Gasteiger partial charge in [-0.2, -0.15) is 5.10 Å². The number of hydrazine groups is 1. The van der Waals surface area contributed by atoms with Gasteiger partial charge in [-0.3, -0.25) is 16.0 Å². The van der Waals surface area contributed by atoms with Gasteiger partial charge in [0.25, 0.3) is 0 Å². The summed E-state index contributed by atoms with van der Waals surface area (Å²) in [5.74, 6) is 6.39. The lowest BCUT2D eigenvalue weighted by atomic mass is 10.1. The molecule has 3 N–H and O–H groups in total. The molecule has 0 aromatic carbocycles. The van der Waals surface area contributed by atoms with Crippen LogP contribution >= 0.6 is 0 Å². The molecule has 1 aromatic heterocycles. The van der Waals surface area contributed by atoms with Crippen molar-refractivity contribution in [3.63, 3.8) is 0 Å². The van der Waals surface area contributed by atoms with Crippen molar-refractivity contribution in [2.75, 3.05) is 41.5 Å². The number of aromatic nitrogens is 2. The highest BCUT2D eigenvalue weighted by atomic mass is 16.5. The molecule has 1 heterocycles. The summed E-state index contributed by atoms with van der Waals surface area (Å²) in [6.07, 6.45) is 2.49. The Balaban J connectivity index is 2.89. The summed E-state index contributed by atoms with van der Waals surface area (Å²) in [6.45, 7) is 2.31. The lowest BCUT2D eigenvalue weighted by molar-refractivity contribution is 0.180. The van der Waals surface area contributed by atoms with E-state index >= 15 is 0 Å². The molecule has 0 saturated carbocycles. The largest absolute Gasteiger partial charge is 0.493 e. The van der Waals surface area contributed by atoms with Gasteiger partial charge in [-0.05, 0) is 20.5 Å². The smallest absolute Gasteiger partial charge is 0.161 e. The third-order valence-electron chi connectivity index (χ3n) is 2.97. The molecule has 7 nitrogen and oxygen atoms in total. The van der Waals surface area contributed by atoms with Gasteiger partial charge in [0.15, 0.2) is 5.75 Å². The van der Waals surface area contributed by atoms with Gasteiger partial charge in [-0.15, -0.1) is 0 Å². The fraction of sp³-hybridized carbons (Fsp3) is 0.750. The van der Waals surface area contributed by atoms with E-state index in [9.17, 15) is 0 Å². The zero-order valence-electron chi connectivity index (χ0n) is 12.2. The standard InChI is InChI=1S/C12H25N5O2/c1-16(2)6-7-17-12(11(19-4)9-14-17)10(15-13)5-8-18-3/h9-10,15H,5-8,13H2,1-4H3. The number of nitrogens with zero attached hydrogens (tertiary/aromatic N) is 3. The Morgan fingerprint density at radius 3 is 2.74 bits per heavy atom. The van der Waals surface area contributed by atoms with E-state index < -0.39 is 0 Å². The predicted octanol–water partition coefficient (Wildman–Crippen LogP) is -0.00580. The van der Waals surface area contributed by atoms with Gasteiger partial charge in [-0.1, -0.05) is 0 Å². The summed E-state index contributed by atoms with van der Waals surface area (Å²) >= 11 is 0. The summed E-state index contributed by atoms with van der Waals surface area (Å²) in [7, 11) is 7.38. The van der Waals surface area contributed by atoms with Crippen LogP contribution in [-0.2, 0) is 11.3 Å². The molecule has 1 aromatic rings. The van der Waals surface area contributed by atoms with E-state index in [1.807, 2.05) is 18.8 Å².